The molecule has 7 nitrogen and oxygen atoms in total. The Balaban J connectivity index is 1.45. The van der Waals surface area contributed by atoms with Gasteiger partial charge in [0.25, 0.3) is 11.8 Å². The Labute approximate surface area is 187 Å². The van der Waals surface area contributed by atoms with E-state index in [4.69, 9.17) is 4.74 Å². The third kappa shape index (κ3) is 6.54. The Morgan fingerprint density at radius 2 is 1.48 bits per heavy atom. The molecule has 0 unspecified atom stereocenters. The number of ether oxygens (including phenoxy) is 1. The minimum atomic E-state index is -1.07. The molecule has 0 aromatic heterocycles. The Kier molecular flexibility index (Phi) is 7.59. The number of carbonyl (C=O) groups is 4. The number of halogens is 2. The molecule has 2 N–H and O–H groups in total. The van der Waals surface area contributed by atoms with Gasteiger partial charge in [0.2, 0.25) is 0 Å². The maximum absolute atomic E-state index is 13.6. The predicted molar refractivity (Wildman–Crippen MR) is 115 cm³/mol. The van der Waals surface area contributed by atoms with Crippen LogP contribution in [0.5, 0.6) is 0 Å². The van der Waals surface area contributed by atoms with Crippen LogP contribution in [0.15, 0.2) is 72.8 Å². The highest BCUT2D eigenvalue weighted by Gasteiger charge is 2.15. The largest absolute Gasteiger partial charge is 0.456 e. The number of esters is 1. The Morgan fingerprint density at radius 1 is 0.788 bits per heavy atom. The molecule has 0 aliphatic heterocycles. The second-order valence-electron chi connectivity index (χ2n) is 6.79. The van der Waals surface area contributed by atoms with E-state index in [1.807, 2.05) is 0 Å². The second kappa shape index (κ2) is 10.8. The van der Waals surface area contributed by atoms with E-state index in [0.29, 0.717) is 17.3 Å². The number of benzene rings is 3. The van der Waals surface area contributed by atoms with Crippen LogP contribution in [0, 0.1) is 11.6 Å². The van der Waals surface area contributed by atoms with E-state index in [0.717, 1.165) is 12.1 Å². The molecule has 0 spiro atoms. The molecule has 33 heavy (non-hydrogen) atoms. The predicted octanol–water partition coefficient (Wildman–Crippen LogP) is 3.37. The molecule has 0 atom stereocenters. The highest BCUT2D eigenvalue weighted by atomic mass is 19.1. The first-order chi connectivity index (χ1) is 15.8. The van der Waals surface area contributed by atoms with Gasteiger partial charge in [-0.25, -0.2) is 8.78 Å². The maximum atomic E-state index is 13.6. The van der Waals surface area contributed by atoms with Crippen molar-refractivity contribution in [3.8, 4) is 0 Å². The third-order valence-electron chi connectivity index (χ3n) is 4.43. The van der Waals surface area contributed by atoms with Crippen LogP contribution in [-0.4, -0.2) is 36.7 Å². The molecule has 0 saturated carbocycles. The van der Waals surface area contributed by atoms with Gasteiger partial charge in [0.15, 0.2) is 12.4 Å². The SMILES string of the molecule is O=C(CNC(=O)c1ccc(F)cc1F)OCC(=O)c1ccc(NC(=O)c2ccccc2)cc1. The molecule has 0 saturated heterocycles. The lowest BCUT2D eigenvalue weighted by atomic mass is 10.1. The number of hydrogen-bond acceptors (Lipinski definition) is 5. The van der Waals surface area contributed by atoms with Gasteiger partial charge in [-0.1, -0.05) is 18.2 Å². The van der Waals surface area contributed by atoms with Gasteiger partial charge in [-0.15, -0.1) is 0 Å². The van der Waals surface area contributed by atoms with Crippen LogP contribution in [0.3, 0.4) is 0 Å². The first kappa shape index (κ1) is 23.3. The Morgan fingerprint density at radius 3 is 2.15 bits per heavy atom. The molecule has 3 aromatic carbocycles. The summed E-state index contributed by atoms with van der Waals surface area (Å²) in [6.07, 6.45) is 0. The molecular weight excluding hydrogens is 434 g/mol. The van der Waals surface area contributed by atoms with Crippen LogP contribution >= 0.6 is 0 Å². The highest BCUT2D eigenvalue weighted by Crippen LogP contribution is 2.12. The topological polar surface area (TPSA) is 102 Å². The smallest absolute Gasteiger partial charge is 0.325 e. The van der Waals surface area contributed by atoms with Crippen LogP contribution in [-0.2, 0) is 9.53 Å². The van der Waals surface area contributed by atoms with E-state index < -0.39 is 48.0 Å². The lowest BCUT2D eigenvalue weighted by Crippen LogP contribution is -2.32. The van der Waals surface area contributed by atoms with Crippen LogP contribution in [0.2, 0.25) is 0 Å². The van der Waals surface area contributed by atoms with Crippen molar-refractivity contribution in [3.05, 3.63) is 101 Å². The minimum Gasteiger partial charge on any atom is -0.456 e. The van der Waals surface area contributed by atoms with Crippen molar-refractivity contribution in [2.45, 2.75) is 0 Å². The number of ketones is 1. The maximum Gasteiger partial charge on any atom is 0.325 e. The van der Waals surface area contributed by atoms with E-state index >= 15 is 0 Å². The van der Waals surface area contributed by atoms with Gasteiger partial charge in [0.1, 0.15) is 18.2 Å². The fourth-order valence-electron chi connectivity index (χ4n) is 2.73. The fraction of sp³-hybridized carbons (Fsp3) is 0.0833. The zero-order chi connectivity index (χ0) is 23.8. The molecule has 0 heterocycles. The lowest BCUT2D eigenvalue weighted by molar-refractivity contribution is -0.141. The molecule has 0 aliphatic carbocycles. The summed E-state index contributed by atoms with van der Waals surface area (Å²) in [4.78, 5) is 48.0. The summed E-state index contributed by atoms with van der Waals surface area (Å²) in [5, 5.41) is 4.83. The standard InChI is InChI=1S/C24H18F2N2O5/c25-17-8-11-19(20(26)12-17)24(32)27-13-22(30)33-14-21(29)15-6-9-18(10-7-15)28-23(31)16-4-2-1-3-5-16/h1-12H,13-14H2,(H,27,32)(H,28,31). The molecule has 2 amide bonds. The van der Waals surface area contributed by atoms with Crippen LogP contribution in [0.25, 0.3) is 0 Å². The van der Waals surface area contributed by atoms with E-state index in [9.17, 15) is 28.0 Å². The summed E-state index contributed by atoms with van der Waals surface area (Å²) in [7, 11) is 0. The zero-order valence-electron chi connectivity index (χ0n) is 17.1. The van der Waals surface area contributed by atoms with E-state index in [1.54, 1.807) is 30.3 Å². The summed E-state index contributed by atoms with van der Waals surface area (Å²) < 4.78 is 31.3. The van der Waals surface area contributed by atoms with Crippen molar-refractivity contribution in [3.63, 3.8) is 0 Å². The van der Waals surface area contributed by atoms with Gasteiger partial charge in [0.05, 0.1) is 5.56 Å². The van der Waals surface area contributed by atoms with Crippen LogP contribution in [0.1, 0.15) is 31.1 Å². The second-order valence-corrected chi connectivity index (χ2v) is 6.79. The van der Waals surface area contributed by atoms with Crippen molar-refractivity contribution in [2.24, 2.45) is 0 Å². The van der Waals surface area contributed by atoms with E-state index in [2.05, 4.69) is 10.6 Å². The van der Waals surface area contributed by atoms with Gasteiger partial charge in [0, 0.05) is 22.9 Å². The number of anilines is 1. The summed E-state index contributed by atoms with van der Waals surface area (Å²) in [6.45, 7) is -1.18. The molecule has 9 heteroatoms. The van der Waals surface area contributed by atoms with Gasteiger partial charge in [-0.2, -0.15) is 0 Å². The van der Waals surface area contributed by atoms with Gasteiger partial charge in [-0.05, 0) is 48.5 Å². The summed E-state index contributed by atoms with van der Waals surface area (Å²) in [5.41, 5.74) is 0.782. The number of hydrogen-bond donors (Lipinski definition) is 2. The van der Waals surface area contributed by atoms with Crippen molar-refractivity contribution < 1.29 is 32.7 Å². The van der Waals surface area contributed by atoms with Gasteiger partial charge >= 0.3 is 5.97 Å². The fourth-order valence-corrected chi connectivity index (χ4v) is 2.73. The number of amides is 2. The van der Waals surface area contributed by atoms with Crippen molar-refractivity contribution in [2.75, 3.05) is 18.5 Å². The number of Topliss-reactive ketones (excluding diaryl/α,β-unsaturated/α-hetero) is 1. The van der Waals surface area contributed by atoms with Crippen molar-refractivity contribution >= 4 is 29.3 Å². The van der Waals surface area contributed by atoms with E-state index in [1.165, 1.54) is 24.3 Å². The Hall–Kier alpha value is -4.40. The molecule has 0 fully saturated rings. The normalized spacial score (nSPS) is 10.2. The van der Waals surface area contributed by atoms with Crippen molar-refractivity contribution in [1.29, 1.82) is 0 Å². The molecule has 0 bridgehead atoms. The van der Waals surface area contributed by atoms with Gasteiger partial charge < -0.3 is 15.4 Å². The number of rotatable bonds is 8. The number of nitrogens with one attached hydrogen (secondary N) is 2. The third-order valence-corrected chi connectivity index (χ3v) is 4.43. The summed E-state index contributed by atoms with van der Waals surface area (Å²) >= 11 is 0. The van der Waals surface area contributed by atoms with E-state index in [-0.39, 0.29) is 11.5 Å². The molecule has 168 valence electrons. The number of carbonyl (C=O) groups excluding carboxylic acids is 4. The molecule has 0 aliphatic rings. The highest BCUT2D eigenvalue weighted by molar-refractivity contribution is 6.04. The molecule has 3 rings (SSSR count). The molecule has 0 radical (unpaired) electrons. The summed E-state index contributed by atoms with van der Waals surface area (Å²) in [5.74, 6) is -4.55. The molecule has 3 aromatic rings. The van der Waals surface area contributed by atoms with Crippen molar-refractivity contribution in [1.82, 2.24) is 5.32 Å². The van der Waals surface area contributed by atoms with Gasteiger partial charge in [-0.3, -0.25) is 19.2 Å². The monoisotopic (exact) mass is 452 g/mol. The average Bonchev–Trinajstić information content (AvgIpc) is 2.82. The quantitative estimate of drug-likeness (QED) is 0.403. The first-order valence-corrected chi connectivity index (χ1v) is 9.72. The molecular formula is C24H18F2N2O5. The Bertz CT molecular complexity index is 1180. The zero-order valence-corrected chi connectivity index (χ0v) is 17.1. The first-order valence-electron chi connectivity index (χ1n) is 9.72. The van der Waals surface area contributed by atoms with Crippen LogP contribution < -0.4 is 10.6 Å². The summed E-state index contributed by atoms with van der Waals surface area (Å²) in [6, 6.07) is 17.0. The lowest BCUT2D eigenvalue weighted by Gasteiger charge is -2.08. The average molecular weight is 452 g/mol. The minimum absolute atomic E-state index is 0.248. The van der Waals surface area contributed by atoms with Crippen LogP contribution in [0.4, 0.5) is 14.5 Å².